The predicted molar refractivity (Wildman–Crippen MR) is 83.7 cm³/mol. The van der Waals surface area contributed by atoms with Gasteiger partial charge in [-0.1, -0.05) is 17.7 Å². The van der Waals surface area contributed by atoms with E-state index in [-0.39, 0.29) is 18.9 Å². The van der Waals surface area contributed by atoms with E-state index in [0.717, 1.165) is 17.7 Å². The van der Waals surface area contributed by atoms with Crippen LogP contribution in [0.25, 0.3) is 0 Å². The summed E-state index contributed by atoms with van der Waals surface area (Å²) in [6.07, 6.45) is 1.02. The Labute approximate surface area is 127 Å². The maximum Gasteiger partial charge on any atom is 0.317 e. The molecular formula is C16H26N2O3. The van der Waals surface area contributed by atoms with Gasteiger partial charge >= 0.3 is 6.03 Å². The van der Waals surface area contributed by atoms with Gasteiger partial charge < -0.3 is 20.1 Å². The Morgan fingerprint density at radius 3 is 2.67 bits per heavy atom. The predicted octanol–water partition coefficient (Wildman–Crippen LogP) is 2.75. The van der Waals surface area contributed by atoms with Gasteiger partial charge in [-0.25, -0.2) is 4.79 Å². The highest BCUT2D eigenvalue weighted by Gasteiger charge is 2.02. The lowest BCUT2D eigenvalue weighted by molar-refractivity contribution is 0.0774. The molecule has 0 spiro atoms. The fraction of sp³-hybridized carbons (Fsp3) is 0.562. The summed E-state index contributed by atoms with van der Waals surface area (Å²) in [4.78, 5) is 11.5. The minimum absolute atomic E-state index is 0.151. The molecule has 0 unspecified atom stereocenters. The molecule has 5 heteroatoms. The van der Waals surface area contributed by atoms with Crippen molar-refractivity contribution in [1.29, 1.82) is 0 Å². The average Bonchev–Trinajstić information content (AvgIpc) is 2.40. The number of rotatable bonds is 8. The SMILES string of the molecule is Cc1ccc(OCNC(=O)NCCCOC(C)C)c(C)c1. The molecule has 0 saturated heterocycles. The number of hydrogen-bond acceptors (Lipinski definition) is 3. The van der Waals surface area contributed by atoms with Crippen LogP contribution in [0.4, 0.5) is 4.79 Å². The maximum atomic E-state index is 11.5. The molecule has 5 nitrogen and oxygen atoms in total. The third-order valence-corrected chi connectivity index (χ3v) is 2.85. The number of carbonyl (C=O) groups is 1. The zero-order chi connectivity index (χ0) is 15.7. The van der Waals surface area contributed by atoms with Crippen LogP contribution in [-0.2, 0) is 4.74 Å². The Balaban J connectivity index is 2.13. The molecule has 1 aromatic carbocycles. The second kappa shape index (κ2) is 9.23. The third-order valence-electron chi connectivity index (χ3n) is 2.85. The van der Waals surface area contributed by atoms with E-state index in [1.54, 1.807) is 0 Å². The molecular weight excluding hydrogens is 268 g/mol. The van der Waals surface area contributed by atoms with Gasteiger partial charge in [-0.05, 0) is 45.7 Å². The first kappa shape index (κ1) is 17.3. The molecule has 2 amide bonds. The van der Waals surface area contributed by atoms with Crippen molar-refractivity contribution in [3.8, 4) is 5.75 Å². The summed E-state index contributed by atoms with van der Waals surface area (Å²) in [7, 11) is 0. The van der Waals surface area contributed by atoms with Crippen LogP contribution in [0.15, 0.2) is 18.2 Å². The normalized spacial score (nSPS) is 10.5. The number of ether oxygens (including phenoxy) is 2. The van der Waals surface area contributed by atoms with Crippen LogP contribution >= 0.6 is 0 Å². The average molecular weight is 294 g/mol. The Morgan fingerprint density at radius 2 is 2.00 bits per heavy atom. The Morgan fingerprint density at radius 1 is 1.24 bits per heavy atom. The van der Waals surface area contributed by atoms with Crippen LogP contribution in [-0.4, -0.2) is 32.0 Å². The number of aryl methyl sites for hydroxylation is 2. The van der Waals surface area contributed by atoms with Crippen molar-refractivity contribution in [2.45, 2.75) is 40.2 Å². The number of nitrogens with one attached hydrogen (secondary N) is 2. The molecule has 1 aromatic rings. The summed E-state index contributed by atoms with van der Waals surface area (Å²) in [5.74, 6) is 0.784. The number of carbonyl (C=O) groups excluding carboxylic acids is 1. The van der Waals surface area contributed by atoms with Gasteiger partial charge in [0.15, 0.2) is 6.73 Å². The number of benzene rings is 1. The molecule has 0 aliphatic carbocycles. The van der Waals surface area contributed by atoms with Crippen molar-refractivity contribution in [3.05, 3.63) is 29.3 Å². The highest BCUT2D eigenvalue weighted by molar-refractivity contribution is 5.73. The standard InChI is InChI=1S/C16H26N2O3/c1-12(2)20-9-5-8-17-16(19)18-11-21-15-7-6-13(3)10-14(15)4/h6-7,10,12H,5,8-9,11H2,1-4H3,(H2,17,18,19). The molecule has 0 bridgehead atoms. The van der Waals surface area contributed by atoms with E-state index < -0.39 is 0 Å². The molecule has 0 aliphatic rings. The monoisotopic (exact) mass is 294 g/mol. The summed E-state index contributed by atoms with van der Waals surface area (Å²) in [6, 6.07) is 5.71. The number of urea groups is 1. The van der Waals surface area contributed by atoms with E-state index in [4.69, 9.17) is 9.47 Å². The van der Waals surface area contributed by atoms with Gasteiger partial charge in [0.25, 0.3) is 0 Å². The van der Waals surface area contributed by atoms with E-state index in [2.05, 4.69) is 10.6 Å². The van der Waals surface area contributed by atoms with Gasteiger partial charge in [0.1, 0.15) is 5.75 Å². The van der Waals surface area contributed by atoms with E-state index >= 15 is 0 Å². The third kappa shape index (κ3) is 7.56. The fourth-order valence-corrected chi connectivity index (χ4v) is 1.80. The first-order valence-electron chi connectivity index (χ1n) is 7.32. The largest absolute Gasteiger partial charge is 0.473 e. The fourth-order valence-electron chi connectivity index (χ4n) is 1.80. The molecule has 118 valence electrons. The molecule has 0 fully saturated rings. The lowest BCUT2D eigenvalue weighted by atomic mass is 10.1. The van der Waals surface area contributed by atoms with Crippen molar-refractivity contribution in [2.24, 2.45) is 0 Å². The van der Waals surface area contributed by atoms with Crippen LogP contribution in [0.2, 0.25) is 0 Å². The smallest absolute Gasteiger partial charge is 0.317 e. The van der Waals surface area contributed by atoms with Crippen LogP contribution in [0.5, 0.6) is 5.75 Å². The zero-order valence-electron chi connectivity index (χ0n) is 13.4. The highest BCUT2D eigenvalue weighted by atomic mass is 16.5. The summed E-state index contributed by atoms with van der Waals surface area (Å²) in [5, 5.41) is 5.42. The molecule has 2 N–H and O–H groups in total. The first-order chi connectivity index (χ1) is 9.99. The molecule has 0 radical (unpaired) electrons. The topological polar surface area (TPSA) is 59.6 Å². The van der Waals surface area contributed by atoms with Gasteiger partial charge in [-0.3, -0.25) is 0 Å². The Hall–Kier alpha value is -1.75. The molecule has 0 atom stereocenters. The second-order valence-electron chi connectivity index (χ2n) is 5.26. The number of amides is 2. The summed E-state index contributed by atoms with van der Waals surface area (Å²) >= 11 is 0. The van der Waals surface area contributed by atoms with Gasteiger partial charge in [0.05, 0.1) is 6.10 Å². The number of hydrogen-bond donors (Lipinski definition) is 2. The minimum atomic E-state index is -0.232. The quantitative estimate of drug-likeness (QED) is 0.572. The summed E-state index contributed by atoms with van der Waals surface area (Å²) in [5.41, 5.74) is 2.25. The molecule has 0 aromatic heterocycles. The lowest BCUT2D eigenvalue weighted by Crippen LogP contribution is -2.38. The van der Waals surface area contributed by atoms with Crippen LogP contribution in [0.1, 0.15) is 31.4 Å². The van der Waals surface area contributed by atoms with Gasteiger partial charge in [-0.15, -0.1) is 0 Å². The Kier molecular flexibility index (Phi) is 7.61. The van der Waals surface area contributed by atoms with Gasteiger partial charge in [0.2, 0.25) is 0 Å². The molecule has 0 aliphatic heterocycles. The van der Waals surface area contributed by atoms with Crippen molar-refractivity contribution >= 4 is 6.03 Å². The van der Waals surface area contributed by atoms with Gasteiger partial charge in [-0.2, -0.15) is 0 Å². The molecule has 21 heavy (non-hydrogen) atoms. The van der Waals surface area contributed by atoms with Crippen LogP contribution < -0.4 is 15.4 Å². The lowest BCUT2D eigenvalue weighted by Gasteiger charge is -2.12. The van der Waals surface area contributed by atoms with E-state index in [1.165, 1.54) is 5.56 Å². The molecule has 0 saturated carbocycles. The van der Waals surface area contributed by atoms with Crippen molar-refractivity contribution in [1.82, 2.24) is 10.6 Å². The van der Waals surface area contributed by atoms with Crippen LogP contribution in [0.3, 0.4) is 0 Å². The van der Waals surface area contributed by atoms with Crippen molar-refractivity contribution in [2.75, 3.05) is 19.9 Å². The second-order valence-corrected chi connectivity index (χ2v) is 5.26. The van der Waals surface area contributed by atoms with E-state index in [1.807, 2.05) is 45.9 Å². The minimum Gasteiger partial charge on any atom is -0.473 e. The van der Waals surface area contributed by atoms with Crippen LogP contribution in [0, 0.1) is 13.8 Å². The summed E-state index contributed by atoms with van der Waals surface area (Å²) in [6.45, 7) is 9.38. The van der Waals surface area contributed by atoms with E-state index in [9.17, 15) is 4.79 Å². The maximum absolute atomic E-state index is 11.5. The van der Waals surface area contributed by atoms with E-state index in [0.29, 0.717) is 13.2 Å². The van der Waals surface area contributed by atoms with Crippen molar-refractivity contribution in [3.63, 3.8) is 0 Å². The van der Waals surface area contributed by atoms with Crippen molar-refractivity contribution < 1.29 is 14.3 Å². The Bertz CT molecular complexity index is 447. The highest BCUT2D eigenvalue weighted by Crippen LogP contribution is 2.18. The van der Waals surface area contributed by atoms with Gasteiger partial charge in [0, 0.05) is 13.2 Å². The molecule has 0 heterocycles. The first-order valence-corrected chi connectivity index (χ1v) is 7.32. The molecule has 1 rings (SSSR count). The zero-order valence-corrected chi connectivity index (χ0v) is 13.4. The summed E-state index contributed by atoms with van der Waals surface area (Å²) < 4.78 is 10.9.